The summed E-state index contributed by atoms with van der Waals surface area (Å²) >= 11 is 0. The average molecular weight is 716 g/mol. The SMILES string of the molecule is c1ccc(-c2ccc(-c3cc(-c4ccc5c(c4)C4(c6ccccc6Oc6ccccc64)c4cc(-c6ccncc6)ccc4-5)nc(-c4ccccc4)n3)cc2)cc1. The highest BCUT2D eigenvalue weighted by atomic mass is 16.5. The van der Waals surface area contributed by atoms with Gasteiger partial charge < -0.3 is 4.74 Å². The molecule has 2 aliphatic rings. The molecule has 0 bridgehead atoms. The molecule has 0 amide bonds. The van der Waals surface area contributed by atoms with Gasteiger partial charge in [0.15, 0.2) is 5.82 Å². The molecule has 0 atom stereocenters. The highest BCUT2D eigenvalue weighted by Crippen LogP contribution is 2.62. The fraction of sp³-hybridized carbons (Fsp3) is 0.0192. The maximum atomic E-state index is 6.66. The second-order valence-electron chi connectivity index (χ2n) is 14.4. The summed E-state index contributed by atoms with van der Waals surface area (Å²) < 4.78 is 6.66. The minimum Gasteiger partial charge on any atom is -0.457 e. The molecule has 0 saturated heterocycles. The number of ether oxygens (including phenoxy) is 1. The van der Waals surface area contributed by atoms with Crippen molar-refractivity contribution < 1.29 is 4.74 Å². The van der Waals surface area contributed by atoms with Crippen molar-refractivity contribution in [2.45, 2.75) is 5.41 Å². The summed E-state index contributed by atoms with van der Waals surface area (Å²) in [6, 6.07) is 66.4. The van der Waals surface area contributed by atoms with Crippen LogP contribution in [0, 0.1) is 0 Å². The van der Waals surface area contributed by atoms with Crippen LogP contribution in [0.2, 0.25) is 0 Å². The first-order valence-electron chi connectivity index (χ1n) is 18.9. The average Bonchev–Trinajstić information content (AvgIpc) is 3.56. The van der Waals surface area contributed by atoms with Gasteiger partial charge in [0.05, 0.1) is 16.8 Å². The highest BCUT2D eigenvalue weighted by molar-refractivity contribution is 5.92. The lowest BCUT2D eigenvalue weighted by molar-refractivity contribution is 0.436. The zero-order chi connectivity index (χ0) is 37.1. The molecular weight excluding hydrogens is 683 g/mol. The van der Waals surface area contributed by atoms with Crippen LogP contribution in [-0.2, 0) is 5.41 Å². The molecule has 9 aromatic rings. The molecule has 0 N–H and O–H groups in total. The van der Waals surface area contributed by atoms with Gasteiger partial charge in [-0.1, -0.05) is 146 Å². The number of benzene rings is 7. The maximum absolute atomic E-state index is 6.66. The van der Waals surface area contributed by atoms with Crippen LogP contribution in [0.1, 0.15) is 22.3 Å². The van der Waals surface area contributed by atoms with Crippen LogP contribution in [0.5, 0.6) is 11.5 Å². The maximum Gasteiger partial charge on any atom is 0.160 e. The number of fused-ring (bicyclic) bond motifs is 9. The Morgan fingerprint density at radius 2 is 0.804 bits per heavy atom. The Morgan fingerprint density at radius 3 is 1.45 bits per heavy atom. The van der Waals surface area contributed by atoms with E-state index in [1.165, 1.54) is 33.4 Å². The molecular formula is C52H33N3O. The van der Waals surface area contributed by atoms with Gasteiger partial charge in [-0.3, -0.25) is 4.98 Å². The van der Waals surface area contributed by atoms with E-state index in [0.29, 0.717) is 5.82 Å². The van der Waals surface area contributed by atoms with Gasteiger partial charge in [0.25, 0.3) is 0 Å². The number of aromatic nitrogens is 3. The van der Waals surface area contributed by atoms with Crippen molar-refractivity contribution in [3.63, 3.8) is 0 Å². The Morgan fingerprint density at radius 1 is 0.339 bits per heavy atom. The van der Waals surface area contributed by atoms with Crippen molar-refractivity contribution in [3.8, 4) is 78.8 Å². The third-order valence-electron chi connectivity index (χ3n) is 11.3. The van der Waals surface area contributed by atoms with E-state index in [9.17, 15) is 0 Å². The van der Waals surface area contributed by atoms with E-state index in [1.807, 2.05) is 36.7 Å². The van der Waals surface area contributed by atoms with Crippen molar-refractivity contribution in [2.24, 2.45) is 0 Å². The summed E-state index contributed by atoms with van der Waals surface area (Å²) in [5.41, 5.74) is 15.8. The second kappa shape index (κ2) is 12.9. The molecule has 0 fully saturated rings. The Balaban J connectivity index is 1.14. The largest absolute Gasteiger partial charge is 0.457 e. The Hall–Kier alpha value is -7.43. The van der Waals surface area contributed by atoms with E-state index in [4.69, 9.17) is 14.7 Å². The molecule has 1 aliphatic carbocycles. The predicted octanol–water partition coefficient (Wildman–Crippen LogP) is 12.7. The van der Waals surface area contributed by atoms with Gasteiger partial charge in [-0.05, 0) is 87.0 Å². The molecule has 56 heavy (non-hydrogen) atoms. The molecule has 0 saturated carbocycles. The fourth-order valence-electron chi connectivity index (χ4n) is 8.71. The van der Waals surface area contributed by atoms with Crippen molar-refractivity contribution in [1.82, 2.24) is 15.0 Å². The second-order valence-corrected chi connectivity index (χ2v) is 14.4. The topological polar surface area (TPSA) is 47.9 Å². The first-order chi connectivity index (χ1) is 27.7. The zero-order valence-electron chi connectivity index (χ0n) is 30.3. The van der Waals surface area contributed by atoms with Gasteiger partial charge in [0.1, 0.15) is 11.5 Å². The van der Waals surface area contributed by atoms with Crippen LogP contribution in [0.25, 0.3) is 67.3 Å². The first-order valence-corrected chi connectivity index (χ1v) is 18.9. The van der Waals surface area contributed by atoms with Crippen molar-refractivity contribution >= 4 is 0 Å². The van der Waals surface area contributed by atoms with E-state index >= 15 is 0 Å². The Kier molecular flexibility index (Phi) is 7.36. The third kappa shape index (κ3) is 5.04. The molecule has 4 nitrogen and oxygen atoms in total. The summed E-state index contributed by atoms with van der Waals surface area (Å²) in [6.07, 6.45) is 3.71. The summed E-state index contributed by atoms with van der Waals surface area (Å²) in [5.74, 6) is 2.41. The fourth-order valence-corrected chi connectivity index (χ4v) is 8.71. The summed E-state index contributed by atoms with van der Waals surface area (Å²) in [5, 5.41) is 0. The van der Waals surface area contributed by atoms with Crippen LogP contribution in [0.3, 0.4) is 0 Å². The molecule has 11 rings (SSSR count). The minimum absolute atomic E-state index is 0.638. The monoisotopic (exact) mass is 715 g/mol. The lowest BCUT2D eigenvalue weighted by Crippen LogP contribution is -2.32. The lowest BCUT2D eigenvalue weighted by Gasteiger charge is -2.39. The lowest BCUT2D eigenvalue weighted by atomic mass is 9.65. The molecule has 3 heterocycles. The van der Waals surface area contributed by atoms with E-state index in [2.05, 4.69) is 169 Å². The Bertz CT molecular complexity index is 2880. The number of para-hydroxylation sites is 2. The number of rotatable bonds is 5. The minimum atomic E-state index is -0.638. The quantitative estimate of drug-likeness (QED) is 0.178. The molecule has 7 aromatic carbocycles. The molecule has 262 valence electrons. The van der Waals surface area contributed by atoms with Gasteiger partial charge in [-0.2, -0.15) is 0 Å². The van der Waals surface area contributed by atoms with Gasteiger partial charge in [0, 0.05) is 40.2 Å². The van der Waals surface area contributed by atoms with Crippen LogP contribution in [-0.4, -0.2) is 15.0 Å². The van der Waals surface area contributed by atoms with Crippen molar-refractivity contribution in [1.29, 1.82) is 0 Å². The van der Waals surface area contributed by atoms with Crippen LogP contribution in [0.15, 0.2) is 200 Å². The predicted molar refractivity (Wildman–Crippen MR) is 224 cm³/mol. The van der Waals surface area contributed by atoms with Gasteiger partial charge in [0.2, 0.25) is 0 Å². The summed E-state index contributed by atoms with van der Waals surface area (Å²) in [6.45, 7) is 0. The number of pyridine rings is 1. The molecule has 1 aliphatic heterocycles. The smallest absolute Gasteiger partial charge is 0.160 e. The molecule has 4 heteroatoms. The molecule has 0 unspecified atom stereocenters. The summed E-state index contributed by atoms with van der Waals surface area (Å²) in [4.78, 5) is 14.7. The number of nitrogens with zero attached hydrogens (tertiary/aromatic N) is 3. The van der Waals surface area contributed by atoms with Gasteiger partial charge in [-0.15, -0.1) is 0 Å². The normalized spacial score (nSPS) is 12.9. The van der Waals surface area contributed by atoms with E-state index in [-0.39, 0.29) is 0 Å². The van der Waals surface area contributed by atoms with Crippen LogP contribution >= 0.6 is 0 Å². The number of hydrogen-bond donors (Lipinski definition) is 0. The Labute approximate surface area is 325 Å². The summed E-state index contributed by atoms with van der Waals surface area (Å²) in [7, 11) is 0. The standard InChI is InChI=1S/C52H33N3O/c1-3-11-34(12-4-1)35-19-21-37(22-20-35)47-33-48(55-51(54-47)38-13-5-2-6-14-38)40-24-26-42-41-25-23-39(36-27-29-53-30-28-36)31-45(41)52(46(42)32-40)43-15-7-9-17-49(43)56-50-18-10-8-16-44(50)52/h1-33H. The third-order valence-corrected chi connectivity index (χ3v) is 11.3. The molecule has 1 spiro atoms. The van der Waals surface area contributed by atoms with Gasteiger partial charge in [-0.25, -0.2) is 9.97 Å². The van der Waals surface area contributed by atoms with E-state index in [1.54, 1.807) is 0 Å². The zero-order valence-corrected chi connectivity index (χ0v) is 30.3. The van der Waals surface area contributed by atoms with E-state index < -0.39 is 5.41 Å². The first kappa shape index (κ1) is 32.0. The van der Waals surface area contributed by atoms with Crippen LogP contribution in [0.4, 0.5) is 0 Å². The van der Waals surface area contributed by atoms with Crippen molar-refractivity contribution in [2.75, 3.05) is 0 Å². The van der Waals surface area contributed by atoms with Gasteiger partial charge >= 0.3 is 0 Å². The number of hydrogen-bond acceptors (Lipinski definition) is 4. The van der Waals surface area contributed by atoms with E-state index in [0.717, 1.165) is 61.8 Å². The molecule has 2 aromatic heterocycles. The van der Waals surface area contributed by atoms with Crippen molar-refractivity contribution in [3.05, 3.63) is 223 Å². The van der Waals surface area contributed by atoms with Crippen LogP contribution < -0.4 is 4.74 Å². The molecule has 0 radical (unpaired) electrons. The highest BCUT2D eigenvalue weighted by Gasteiger charge is 2.51.